The predicted molar refractivity (Wildman–Crippen MR) is 321 cm³/mol. The molecule has 0 amide bonds. The van der Waals surface area contributed by atoms with E-state index in [0.717, 1.165) is 103 Å². The number of rotatable bonds is 59. The predicted octanol–water partition coefficient (Wildman–Crippen LogP) is 21.9. The van der Waals surface area contributed by atoms with Crippen molar-refractivity contribution >= 4 is 17.9 Å². The van der Waals surface area contributed by atoms with Crippen LogP contribution < -0.4 is 0 Å². The first-order valence-electron chi connectivity index (χ1n) is 32.3. The zero-order valence-electron chi connectivity index (χ0n) is 49.4. The summed E-state index contributed by atoms with van der Waals surface area (Å²) in [5, 5.41) is 0. The summed E-state index contributed by atoms with van der Waals surface area (Å²) in [6, 6.07) is 0. The molecule has 0 bridgehead atoms. The number of ether oxygens (including phenoxy) is 3. The van der Waals surface area contributed by atoms with Gasteiger partial charge in [0.2, 0.25) is 0 Å². The smallest absolute Gasteiger partial charge is 0.306 e. The van der Waals surface area contributed by atoms with E-state index >= 15 is 0 Å². The minimum atomic E-state index is -0.785. The maximum Gasteiger partial charge on any atom is 0.306 e. The lowest BCUT2D eigenvalue weighted by Crippen LogP contribution is -2.30. The van der Waals surface area contributed by atoms with Gasteiger partial charge in [0.05, 0.1) is 0 Å². The highest BCUT2D eigenvalue weighted by molar-refractivity contribution is 5.71. The van der Waals surface area contributed by atoms with Crippen LogP contribution in [0.5, 0.6) is 0 Å². The molecule has 0 heterocycles. The maximum atomic E-state index is 12.9. The molecule has 0 saturated carbocycles. The van der Waals surface area contributed by atoms with Gasteiger partial charge in [0, 0.05) is 19.3 Å². The van der Waals surface area contributed by atoms with Crippen LogP contribution in [0.25, 0.3) is 0 Å². The Hall–Kier alpha value is -2.89. The van der Waals surface area contributed by atoms with Crippen LogP contribution in [-0.4, -0.2) is 37.2 Å². The molecule has 6 heteroatoms. The summed E-state index contributed by atoms with van der Waals surface area (Å²) in [5.41, 5.74) is 0. The Morgan fingerprint density at radius 3 is 0.851 bits per heavy atom. The second-order valence-corrected chi connectivity index (χ2v) is 21.6. The molecule has 6 nitrogen and oxygen atoms in total. The zero-order chi connectivity index (χ0) is 53.6. The molecule has 1 unspecified atom stereocenters. The number of unbranched alkanes of at least 4 members (excludes halogenated alkanes) is 38. The number of esters is 3. The average molecular weight is 1040 g/mol. The highest BCUT2D eigenvalue weighted by Gasteiger charge is 2.19. The topological polar surface area (TPSA) is 78.9 Å². The third-order valence-corrected chi connectivity index (χ3v) is 14.3. The molecule has 1 atom stereocenters. The Balaban J connectivity index is 4.29. The molecule has 0 spiro atoms. The summed E-state index contributed by atoms with van der Waals surface area (Å²) in [4.78, 5) is 38.3. The molecular formula is C68H122O6. The highest BCUT2D eigenvalue weighted by atomic mass is 16.6. The third kappa shape index (κ3) is 60.0. The first-order chi connectivity index (χ1) is 36.5. The van der Waals surface area contributed by atoms with Gasteiger partial charge in [-0.3, -0.25) is 14.4 Å². The first kappa shape index (κ1) is 71.1. The Bertz CT molecular complexity index is 1330. The summed E-state index contributed by atoms with van der Waals surface area (Å²) < 4.78 is 16.9. The number of hydrogen-bond donors (Lipinski definition) is 0. The fraction of sp³-hybridized carbons (Fsp3) is 0.809. The summed E-state index contributed by atoms with van der Waals surface area (Å²) >= 11 is 0. The van der Waals surface area contributed by atoms with Crippen molar-refractivity contribution < 1.29 is 28.6 Å². The largest absolute Gasteiger partial charge is 0.462 e. The molecule has 0 radical (unpaired) electrons. The molecular weight excluding hydrogens is 913 g/mol. The van der Waals surface area contributed by atoms with Gasteiger partial charge in [0.1, 0.15) is 13.2 Å². The zero-order valence-corrected chi connectivity index (χ0v) is 49.4. The molecule has 0 aromatic rings. The van der Waals surface area contributed by atoms with E-state index in [1.807, 2.05) is 0 Å². The number of carbonyl (C=O) groups excluding carboxylic acids is 3. The van der Waals surface area contributed by atoms with Crippen molar-refractivity contribution in [1.29, 1.82) is 0 Å². The van der Waals surface area contributed by atoms with Gasteiger partial charge in [-0.1, -0.05) is 293 Å². The van der Waals surface area contributed by atoms with Gasteiger partial charge in [-0.2, -0.15) is 0 Å². The van der Waals surface area contributed by atoms with E-state index in [1.54, 1.807) is 0 Å². The monoisotopic (exact) mass is 1030 g/mol. The normalized spacial score (nSPS) is 12.4. The Morgan fingerprint density at radius 1 is 0.284 bits per heavy atom. The Labute approximate surface area is 460 Å². The second-order valence-electron chi connectivity index (χ2n) is 21.6. The molecule has 0 saturated heterocycles. The van der Waals surface area contributed by atoms with Crippen LogP contribution in [0, 0.1) is 0 Å². The lowest BCUT2D eigenvalue weighted by atomic mass is 10.0. The van der Waals surface area contributed by atoms with Gasteiger partial charge in [-0.05, 0) is 83.5 Å². The Morgan fingerprint density at radius 2 is 0.527 bits per heavy atom. The Kier molecular flexibility index (Phi) is 60.2. The molecule has 0 aliphatic rings. The summed E-state index contributed by atoms with van der Waals surface area (Å²) in [7, 11) is 0. The van der Waals surface area contributed by atoms with Crippen LogP contribution in [0.1, 0.15) is 335 Å². The van der Waals surface area contributed by atoms with Crippen LogP contribution in [0.15, 0.2) is 60.8 Å². The van der Waals surface area contributed by atoms with Crippen LogP contribution in [-0.2, 0) is 28.6 Å². The van der Waals surface area contributed by atoms with Gasteiger partial charge in [-0.25, -0.2) is 0 Å². The van der Waals surface area contributed by atoms with Crippen LogP contribution in [0.4, 0.5) is 0 Å². The van der Waals surface area contributed by atoms with Crippen molar-refractivity contribution in [3.63, 3.8) is 0 Å². The van der Waals surface area contributed by atoms with Gasteiger partial charge < -0.3 is 14.2 Å². The molecule has 0 N–H and O–H groups in total. The van der Waals surface area contributed by atoms with Crippen LogP contribution in [0.3, 0.4) is 0 Å². The van der Waals surface area contributed by atoms with Crippen molar-refractivity contribution in [1.82, 2.24) is 0 Å². The highest BCUT2D eigenvalue weighted by Crippen LogP contribution is 2.17. The number of hydrogen-bond acceptors (Lipinski definition) is 6. The van der Waals surface area contributed by atoms with Crippen molar-refractivity contribution in [2.24, 2.45) is 0 Å². The minimum absolute atomic E-state index is 0.0796. The van der Waals surface area contributed by atoms with Crippen LogP contribution >= 0.6 is 0 Å². The molecule has 0 aromatic carbocycles. The lowest BCUT2D eigenvalue weighted by molar-refractivity contribution is -0.167. The molecule has 0 aliphatic heterocycles. The number of allylic oxidation sites excluding steroid dienone is 10. The van der Waals surface area contributed by atoms with Crippen molar-refractivity contribution in [3.8, 4) is 0 Å². The third-order valence-electron chi connectivity index (χ3n) is 14.3. The number of carbonyl (C=O) groups is 3. The van der Waals surface area contributed by atoms with Gasteiger partial charge in [0.15, 0.2) is 6.10 Å². The van der Waals surface area contributed by atoms with E-state index < -0.39 is 6.10 Å². The molecule has 430 valence electrons. The lowest BCUT2D eigenvalue weighted by Gasteiger charge is -2.18. The van der Waals surface area contributed by atoms with Crippen molar-refractivity contribution in [2.45, 2.75) is 341 Å². The quantitative estimate of drug-likeness (QED) is 0.0261. The molecule has 0 aliphatic carbocycles. The second kappa shape index (κ2) is 62.6. The summed E-state index contributed by atoms with van der Waals surface area (Å²) in [6.07, 6.45) is 79.5. The maximum absolute atomic E-state index is 12.9. The fourth-order valence-electron chi connectivity index (χ4n) is 9.43. The molecule has 0 aromatic heterocycles. The van der Waals surface area contributed by atoms with Crippen molar-refractivity contribution in [3.05, 3.63) is 60.8 Å². The van der Waals surface area contributed by atoms with Crippen LogP contribution in [0.2, 0.25) is 0 Å². The van der Waals surface area contributed by atoms with E-state index in [-0.39, 0.29) is 31.1 Å². The van der Waals surface area contributed by atoms with E-state index in [0.29, 0.717) is 19.3 Å². The van der Waals surface area contributed by atoms with Crippen molar-refractivity contribution in [2.75, 3.05) is 13.2 Å². The molecule has 0 rings (SSSR count). The minimum Gasteiger partial charge on any atom is -0.462 e. The van der Waals surface area contributed by atoms with Gasteiger partial charge in [-0.15, -0.1) is 0 Å². The van der Waals surface area contributed by atoms with E-state index in [1.165, 1.54) is 193 Å². The van der Waals surface area contributed by atoms with Gasteiger partial charge >= 0.3 is 17.9 Å². The van der Waals surface area contributed by atoms with E-state index in [4.69, 9.17) is 14.2 Å². The first-order valence-corrected chi connectivity index (χ1v) is 32.3. The standard InChI is InChI=1S/C68H122O6/c1-4-7-10-13-16-19-22-25-27-29-31-32-33-34-35-37-38-40-43-46-49-52-55-58-61-67(70)73-64-65(63-72-66(69)60-57-54-51-48-45-42-24-21-18-15-12-9-6-3)74-68(71)62-59-56-53-50-47-44-41-39-36-30-28-26-23-20-17-14-11-8-5-2/h8,11,17,20-21,24,26,28,36,39,65H,4-7,9-10,12-16,18-19,22-23,25,27,29-35,37-38,40-64H2,1-3H3/b11-8-,20-17-,24-21-,28-26-,39-36-. The summed E-state index contributed by atoms with van der Waals surface area (Å²) in [5.74, 6) is -0.885. The van der Waals surface area contributed by atoms with E-state index in [9.17, 15) is 14.4 Å². The average Bonchev–Trinajstić information content (AvgIpc) is 3.40. The summed E-state index contributed by atoms with van der Waals surface area (Å²) in [6.45, 7) is 6.54. The molecule has 74 heavy (non-hydrogen) atoms. The SMILES string of the molecule is CC/C=C\C/C=C\C/C=C\C/C=C\CCCCCCCCC(=O)OC(COC(=O)CCCCCCC/C=C\CCCCCC)COC(=O)CCCCCCCCCCCCCCCCCCCCCCCCCC. The van der Waals surface area contributed by atoms with Gasteiger partial charge in [0.25, 0.3) is 0 Å². The fourth-order valence-corrected chi connectivity index (χ4v) is 9.43. The molecule has 0 fully saturated rings. The van der Waals surface area contributed by atoms with E-state index in [2.05, 4.69) is 81.5 Å².